The molecule has 1 heterocycles. The molecule has 8 nitrogen and oxygen atoms in total. The molecule has 3 aromatic rings. The topological polar surface area (TPSA) is 119 Å². The zero-order valence-corrected chi connectivity index (χ0v) is 18.2. The van der Waals surface area contributed by atoms with E-state index in [1.54, 1.807) is 41.7 Å². The number of Topliss-reactive ketones (excluding diaryl/α,β-unsaturated/α-hetero) is 1. The van der Waals surface area contributed by atoms with Crippen molar-refractivity contribution in [3.05, 3.63) is 71.6 Å². The van der Waals surface area contributed by atoms with E-state index in [1.807, 2.05) is 0 Å². The van der Waals surface area contributed by atoms with Crippen LogP contribution in [-0.2, 0) is 30.5 Å². The van der Waals surface area contributed by atoms with Crippen LogP contribution >= 0.6 is 11.3 Å². The SMILES string of the molecule is CC(=O)OCC(=O)C(CC(=O)O)NC(=O)OCc1ccccc1.c1ccc2sccc2c1. The molecule has 0 saturated heterocycles. The highest BCUT2D eigenvalue weighted by atomic mass is 32.1. The summed E-state index contributed by atoms with van der Waals surface area (Å²) in [5, 5.41) is 14.4. The van der Waals surface area contributed by atoms with Crippen LogP contribution in [0.15, 0.2) is 66.0 Å². The predicted octanol–water partition coefficient (Wildman–Crippen LogP) is 3.79. The van der Waals surface area contributed by atoms with Crippen LogP contribution in [0.5, 0.6) is 0 Å². The van der Waals surface area contributed by atoms with Gasteiger partial charge >= 0.3 is 18.0 Å². The molecular weight excluding hydrogens is 434 g/mol. The lowest BCUT2D eigenvalue weighted by atomic mass is 10.1. The molecule has 0 saturated carbocycles. The molecule has 0 aliphatic heterocycles. The molecule has 2 N–H and O–H groups in total. The summed E-state index contributed by atoms with van der Waals surface area (Å²) in [5.74, 6) is -2.70. The van der Waals surface area contributed by atoms with Crippen LogP contribution in [0.1, 0.15) is 18.9 Å². The number of rotatable bonds is 8. The fraction of sp³-hybridized carbons (Fsp3) is 0.217. The van der Waals surface area contributed by atoms with Gasteiger partial charge in [-0.3, -0.25) is 14.4 Å². The first-order valence-electron chi connectivity index (χ1n) is 9.62. The van der Waals surface area contributed by atoms with Crippen molar-refractivity contribution in [2.75, 3.05) is 6.61 Å². The molecule has 1 amide bonds. The number of amides is 1. The number of benzene rings is 2. The van der Waals surface area contributed by atoms with Crippen LogP contribution < -0.4 is 5.32 Å². The smallest absolute Gasteiger partial charge is 0.408 e. The highest BCUT2D eigenvalue weighted by molar-refractivity contribution is 7.17. The van der Waals surface area contributed by atoms with Crippen molar-refractivity contribution in [2.24, 2.45) is 0 Å². The van der Waals surface area contributed by atoms with Crippen LogP contribution in [0.3, 0.4) is 0 Å². The number of hydrogen-bond acceptors (Lipinski definition) is 7. The van der Waals surface area contributed by atoms with E-state index >= 15 is 0 Å². The largest absolute Gasteiger partial charge is 0.481 e. The number of aliphatic carboxylic acids is 1. The van der Waals surface area contributed by atoms with Crippen molar-refractivity contribution >= 4 is 45.2 Å². The van der Waals surface area contributed by atoms with E-state index in [-0.39, 0.29) is 6.61 Å². The molecule has 0 spiro atoms. The maximum atomic E-state index is 11.8. The van der Waals surface area contributed by atoms with Crippen molar-refractivity contribution in [3.8, 4) is 0 Å². The van der Waals surface area contributed by atoms with E-state index in [0.29, 0.717) is 0 Å². The van der Waals surface area contributed by atoms with Crippen LogP contribution in [0.2, 0.25) is 0 Å². The van der Waals surface area contributed by atoms with Gasteiger partial charge in [0, 0.05) is 11.6 Å². The average molecular weight is 458 g/mol. The van der Waals surface area contributed by atoms with Gasteiger partial charge in [-0.1, -0.05) is 48.5 Å². The minimum absolute atomic E-state index is 0.0232. The Balaban J connectivity index is 0.000000329. The second-order valence-corrected chi connectivity index (χ2v) is 7.51. The van der Waals surface area contributed by atoms with Gasteiger partial charge < -0.3 is 19.9 Å². The number of carbonyl (C=O) groups is 4. The van der Waals surface area contributed by atoms with Gasteiger partial charge in [0.25, 0.3) is 0 Å². The molecule has 168 valence electrons. The minimum Gasteiger partial charge on any atom is -0.481 e. The summed E-state index contributed by atoms with van der Waals surface area (Å²) in [6, 6.07) is 18.0. The molecule has 2 aromatic carbocycles. The summed E-state index contributed by atoms with van der Waals surface area (Å²) in [5.41, 5.74) is 0.740. The lowest BCUT2D eigenvalue weighted by Gasteiger charge is -2.15. The monoisotopic (exact) mass is 457 g/mol. The van der Waals surface area contributed by atoms with E-state index in [0.717, 1.165) is 12.5 Å². The summed E-state index contributed by atoms with van der Waals surface area (Å²) in [6.07, 6.45) is -1.57. The van der Waals surface area contributed by atoms with Crippen molar-refractivity contribution < 1.29 is 33.8 Å². The first-order valence-corrected chi connectivity index (χ1v) is 10.5. The fourth-order valence-corrected chi connectivity index (χ4v) is 3.30. The van der Waals surface area contributed by atoms with Crippen LogP contribution in [0.25, 0.3) is 10.1 Å². The maximum absolute atomic E-state index is 11.8. The Kier molecular flexibility index (Phi) is 9.86. The third-order valence-corrected chi connectivity index (χ3v) is 4.95. The quantitative estimate of drug-likeness (QED) is 0.494. The molecule has 1 unspecified atom stereocenters. The molecule has 0 aliphatic carbocycles. The summed E-state index contributed by atoms with van der Waals surface area (Å²) in [4.78, 5) is 44.9. The Hall–Kier alpha value is -3.72. The molecule has 0 fully saturated rings. The Labute approximate surface area is 188 Å². The van der Waals surface area contributed by atoms with E-state index in [4.69, 9.17) is 9.84 Å². The number of fused-ring (bicyclic) bond motifs is 1. The molecule has 9 heteroatoms. The fourth-order valence-electron chi connectivity index (χ4n) is 2.51. The average Bonchev–Trinajstić information content (AvgIpc) is 3.25. The maximum Gasteiger partial charge on any atom is 0.408 e. The number of carboxylic acids is 1. The number of carbonyl (C=O) groups excluding carboxylic acids is 3. The third kappa shape index (κ3) is 8.97. The van der Waals surface area contributed by atoms with Gasteiger partial charge in [0.2, 0.25) is 0 Å². The number of ether oxygens (including phenoxy) is 2. The number of thiophene rings is 1. The predicted molar refractivity (Wildman–Crippen MR) is 119 cm³/mol. The van der Waals surface area contributed by atoms with Gasteiger partial charge in [-0.05, 0) is 28.5 Å². The second-order valence-electron chi connectivity index (χ2n) is 6.56. The number of ketones is 1. The Morgan fingerprint density at radius 3 is 2.31 bits per heavy atom. The number of alkyl carbamates (subject to hydrolysis) is 1. The highest BCUT2D eigenvalue weighted by Crippen LogP contribution is 2.18. The summed E-state index contributed by atoms with van der Waals surface area (Å²) < 4.78 is 10.8. The van der Waals surface area contributed by atoms with Crippen LogP contribution in [0, 0.1) is 0 Å². The lowest BCUT2D eigenvalue weighted by Crippen LogP contribution is -2.44. The van der Waals surface area contributed by atoms with Crippen LogP contribution in [0.4, 0.5) is 4.79 Å². The van der Waals surface area contributed by atoms with E-state index in [9.17, 15) is 19.2 Å². The van der Waals surface area contributed by atoms with Crippen molar-refractivity contribution in [1.29, 1.82) is 0 Å². The zero-order chi connectivity index (χ0) is 23.3. The first kappa shape index (κ1) is 24.5. The number of hydrogen-bond donors (Lipinski definition) is 2. The van der Waals surface area contributed by atoms with Gasteiger partial charge in [0.15, 0.2) is 12.4 Å². The number of nitrogens with one attached hydrogen (secondary N) is 1. The zero-order valence-electron chi connectivity index (χ0n) is 17.4. The first-order chi connectivity index (χ1) is 15.3. The Morgan fingerprint density at radius 1 is 0.969 bits per heavy atom. The molecule has 32 heavy (non-hydrogen) atoms. The normalized spacial score (nSPS) is 10.9. The van der Waals surface area contributed by atoms with Gasteiger partial charge in [-0.2, -0.15) is 0 Å². The molecule has 0 radical (unpaired) electrons. The molecule has 3 rings (SSSR count). The highest BCUT2D eigenvalue weighted by Gasteiger charge is 2.25. The Bertz CT molecular complexity index is 1020. The summed E-state index contributed by atoms with van der Waals surface area (Å²) in [6.45, 7) is 0.470. The van der Waals surface area contributed by atoms with Crippen molar-refractivity contribution in [2.45, 2.75) is 26.0 Å². The molecule has 1 atom stereocenters. The molecule has 0 aliphatic rings. The molecule has 0 bridgehead atoms. The van der Waals surface area contributed by atoms with E-state index in [1.165, 1.54) is 10.1 Å². The summed E-state index contributed by atoms with van der Waals surface area (Å²) in [7, 11) is 0. The minimum atomic E-state index is -1.34. The van der Waals surface area contributed by atoms with Gasteiger partial charge in [0.05, 0.1) is 6.42 Å². The second kappa shape index (κ2) is 12.9. The number of carboxylic acid groups (broad SMARTS) is 1. The van der Waals surface area contributed by atoms with Gasteiger partial charge in [-0.15, -0.1) is 11.3 Å². The third-order valence-electron chi connectivity index (χ3n) is 4.05. The van der Waals surface area contributed by atoms with Gasteiger partial charge in [-0.25, -0.2) is 4.79 Å². The van der Waals surface area contributed by atoms with Gasteiger partial charge in [0.1, 0.15) is 12.6 Å². The Morgan fingerprint density at radius 2 is 1.66 bits per heavy atom. The van der Waals surface area contributed by atoms with E-state index in [2.05, 4.69) is 45.8 Å². The van der Waals surface area contributed by atoms with E-state index < -0.39 is 42.9 Å². The van der Waals surface area contributed by atoms with Crippen molar-refractivity contribution in [3.63, 3.8) is 0 Å². The molecule has 1 aromatic heterocycles. The standard InChI is InChI=1S/C15H17NO7.C8H6S/c1-10(17)22-9-13(18)12(7-14(19)20)16-15(21)23-8-11-5-3-2-4-6-11;1-2-4-8-7(3-1)5-6-9-8/h2-6,12H,7-9H2,1H3,(H,16,21)(H,19,20);1-6H. The van der Waals surface area contributed by atoms with Crippen molar-refractivity contribution in [1.82, 2.24) is 5.32 Å². The molecular formula is C23H23NO7S. The van der Waals surface area contributed by atoms with Crippen LogP contribution in [-0.4, -0.2) is 41.6 Å². The number of esters is 1. The lowest BCUT2D eigenvalue weighted by molar-refractivity contribution is -0.147. The summed E-state index contributed by atoms with van der Waals surface area (Å²) >= 11 is 1.79.